The zero-order valence-electron chi connectivity index (χ0n) is 12.5. The van der Waals surface area contributed by atoms with Crippen LogP contribution in [0.2, 0.25) is 5.02 Å². The van der Waals surface area contributed by atoms with Crippen LogP contribution in [0.25, 0.3) is 0 Å². The van der Waals surface area contributed by atoms with Crippen molar-refractivity contribution in [2.24, 2.45) is 5.92 Å². The quantitative estimate of drug-likeness (QED) is 0.850. The molecule has 0 saturated carbocycles. The Hall–Kier alpha value is -1.31. The van der Waals surface area contributed by atoms with Gasteiger partial charge in [-0.25, -0.2) is 8.42 Å². The van der Waals surface area contributed by atoms with Gasteiger partial charge in [0, 0.05) is 12.0 Å². The highest BCUT2D eigenvalue weighted by molar-refractivity contribution is 7.89. The first kappa shape index (κ1) is 17.1. The Bertz CT molecular complexity index is 701. The van der Waals surface area contributed by atoms with Gasteiger partial charge in [-0.3, -0.25) is 4.79 Å². The highest BCUT2D eigenvalue weighted by Crippen LogP contribution is 2.38. The first-order valence-electron chi connectivity index (χ1n) is 6.86. The van der Waals surface area contributed by atoms with Gasteiger partial charge in [-0.05, 0) is 25.0 Å². The van der Waals surface area contributed by atoms with Crippen molar-refractivity contribution in [3.05, 3.63) is 22.7 Å². The molecule has 2 N–H and O–H groups in total. The number of hydrogen-bond donors (Lipinski definition) is 2. The molecular formula is C14H18ClNO5S. The number of carbonyl (C=O) groups is 1. The highest BCUT2D eigenvalue weighted by Gasteiger charge is 2.30. The van der Waals surface area contributed by atoms with Gasteiger partial charge in [0.1, 0.15) is 17.9 Å². The molecule has 122 valence electrons. The molecule has 0 saturated heterocycles. The second-order valence-electron chi connectivity index (χ2n) is 5.71. The number of aliphatic carboxylic acids is 1. The van der Waals surface area contributed by atoms with E-state index in [-0.39, 0.29) is 21.9 Å². The van der Waals surface area contributed by atoms with Crippen molar-refractivity contribution >= 4 is 27.6 Å². The van der Waals surface area contributed by atoms with Gasteiger partial charge in [-0.1, -0.05) is 25.4 Å². The molecule has 2 rings (SSSR count). The number of benzene rings is 1. The molecule has 0 radical (unpaired) electrons. The maximum atomic E-state index is 12.4. The molecule has 1 aromatic carbocycles. The van der Waals surface area contributed by atoms with E-state index in [0.29, 0.717) is 17.7 Å². The molecule has 0 amide bonds. The summed E-state index contributed by atoms with van der Waals surface area (Å²) in [7, 11) is -3.98. The van der Waals surface area contributed by atoms with Gasteiger partial charge < -0.3 is 9.84 Å². The number of rotatable bonds is 5. The third-order valence-corrected chi connectivity index (χ3v) is 5.15. The van der Waals surface area contributed by atoms with Crippen LogP contribution in [0.4, 0.5) is 0 Å². The van der Waals surface area contributed by atoms with E-state index in [9.17, 15) is 13.2 Å². The highest BCUT2D eigenvalue weighted by atomic mass is 35.5. The zero-order valence-corrected chi connectivity index (χ0v) is 14.0. The van der Waals surface area contributed by atoms with Crippen molar-refractivity contribution in [1.82, 2.24) is 4.72 Å². The summed E-state index contributed by atoms with van der Waals surface area (Å²) in [6.07, 6.45) is 0.492. The third kappa shape index (κ3) is 3.37. The van der Waals surface area contributed by atoms with Crippen molar-refractivity contribution < 1.29 is 23.1 Å². The molecule has 22 heavy (non-hydrogen) atoms. The average molecular weight is 348 g/mol. The Labute approximate surface area is 134 Å². The predicted octanol–water partition coefficient (Wildman–Crippen LogP) is 2.05. The molecule has 0 spiro atoms. The van der Waals surface area contributed by atoms with Crippen LogP contribution in [0.5, 0.6) is 5.75 Å². The summed E-state index contributed by atoms with van der Waals surface area (Å²) in [5, 5.41) is 9.33. The maximum Gasteiger partial charge on any atom is 0.322 e. The minimum absolute atomic E-state index is 0.0548. The number of carboxylic acids is 1. The molecule has 0 bridgehead atoms. The van der Waals surface area contributed by atoms with Crippen molar-refractivity contribution in [3.63, 3.8) is 0 Å². The van der Waals surface area contributed by atoms with Crippen LogP contribution in [0.15, 0.2) is 17.0 Å². The van der Waals surface area contributed by atoms with Crippen LogP contribution in [-0.2, 0) is 21.2 Å². The number of halogens is 1. The molecule has 1 aliphatic rings. The van der Waals surface area contributed by atoms with Crippen molar-refractivity contribution in [1.29, 1.82) is 0 Å². The number of ether oxygens (including phenoxy) is 1. The summed E-state index contributed by atoms with van der Waals surface area (Å²) < 4.78 is 32.6. The number of fused-ring (bicyclic) bond motifs is 1. The number of sulfonamides is 1. The molecular weight excluding hydrogens is 330 g/mol. The van der Waals surface area contributed by atoms with Crippen molar-refractivity contribution in [3.8, 4) is 5.75 Å². The van der Waals surface area contributed by atoms with Gasteiger partial charge in [0.25, 0.3) is 0 Å². The molecule has 2 unspecified atom stereocenters. The summed E-state index contributed by atoms with van der Waals surface area (Å²) in [6.45, 7) is 5.13. The van der Waals surface area contributed by atoms with Gasteiger partial charge in [-0.2, -0.15) is 4.72 Å². The van der Waals surface area contributed by atoms with E-state index < -0.39 is 22.0 Å². The lowest BCUT2D eigenvalue weighted by atomic mass is 10.1. The van der Waals surface area contributed by atoms with Gasteiger partial charge in [0.05, 0.1) is 9.92 Å². The molecule has 1 aliphatic heterocycles. The van der Waals surface area contributed by atoms with E-state index in [4.69, 9.17) is 21.4 Å². The van der Waals surface area contributed by atoms with E-state index in [1.807, 2.05) is 6.92 Å². The summed E-state index contributed by atoms with van der Waals surface area (Å²) >= 11 is 6.07. The molecule has 0 aromatic heterocycles. The van der Waals surface area contributed by atoms with Crippen LogP contribution in [0.1, 0.15) is 26.3 Å². The van der Waals surface area contributed by atoms with Crippen molar-refractivity contribution in [2.75, 3.05) is 0 Å². The van der Waals surface area contributed by atoms with E-state index in [1.165, 1.54) is 12.1 Å². The van der Waals surface area contributed by atoms with Gasteiger partial charge in [-0.15, -0.1) is 0 Å². The van der Waals surface area contributed by atoms with Gasteiger partial charge in [0.2, 0.25) is 10.0 Å². The fourth-order valence-electron chi connectivity index (χ4n) is 2.32. The lowest BCUT2D eigenvalue weighted by Gasteiger charge is -2.18. The predicted molar refractivity (Wildman–Crippen MR) is 81.8 cm³/mol. The fourth-order valence-corrected chi connectivity index (χ4v) is 4.08. The van der Waals surface area contributed by atoms with Crippen LogP contribution in [0, 0.1) is 5.92 Å². The Morgan fingerprint density at radius 3 is 2.64 bits per heavy atom. The summed E-state index contributed by atoms with van der Waals surface area (Å²) in [4.78, 5) is 11.1. The lowest BCUT2D eigenvalue weighted by molar-refractivity contribution is -0.140. The van der Waals surface area contributed by atoms with E-state index in [1.54, 1.807) is 13.8 Å². The van der Waals surface area contributed by atoms with Crippen LogP contribution < -0.4 is 9.46 Å². The minimum Gasteiger partial charge on any atom is -0.489 e. The van der Waals surface area contributed by atoms with Gasteiger partial charge >= 0.3 is 5.97 Å². The molecule has 6 nitrogen and oxygen atoms in total. The topological polar surface area (TPSA) is 92.7 Å². The Kier molecular flexibility index (Phi) is 4.70. The number of carboxylic acid groups (broad SMARTS) is 1. The van der Waals surface area contributed by atoms with Crippen LogP contribution in [-0.4, -0.2) is 31.6 Å². The SMILES string of the molecule is CC1Cc2cc(S(=O)(=O)NC(C(=O)O)C(C)C)cc(Cl)c2O1. The standard InChI is InChI=1S/C14H18ClNO5S/c1-7(2)12(14(17)18)16-22(19,20)10-5-9-4-8(3)21-13(9)11(15)6-10/h5-8,12,16H,4H2,1-3H3,(H,17,18). The first-order chi connectivity index (χ1) is 10.1. The Morgan fingerprint density at radius 1 is 1.45 bits per heavy atom. The Balaban J connectivity index is 2.37. The molecule has 0 fully saturated rings. The lowest BCUT2D eigenvalue weighted by Crippen LogP contribution is -2.44. The molecule has 2 atom stereocenters. The maximum absolute atomic E-state index is 12.4. The average Bonchev–Trinajstić information content (AvgIpc) is 2.76. The minimum atomic E-state index is -3.98. The van der Waals surface area contributed by atoms with Gasteiger partial charge in [0.15, 0.2) is 0 Å². The largest absolute Gasteiger partial charge is 0.489 e. The second-order valence-corrected chi connectivity index (χ2v) is 7.83. The summed E-state index contributed by atoms with van der Waals surface area (Å²) in [5.41, 5.74) is 0.705. The third-order valence-electron chi connectivity index (χ3n) is 3.45. The number of hydrogen-bond acceptors (Lipinski definition) is 4. The van der Waals surface area contributed by atoms with Crippen LogP contribution in [0.3, 0.4) is 0 Å². The van der Waals surface area contributed by atoms with Crippen molar-refractivity contribution in [2.45, 2.75) is 44.2 Å². The van der Waals surface area contributed by atoms with E-state index in [2.05, 4.69) is 4.72 Å². The monoisotopic (exact) mass is 347 g/mol. The first-order valence-corrected chi connectivity index (χ1v) is 8.72. The summed E-state index contributed by atoms with van der Waals surface area (Å²) in [6, 6.07) is 1.55. The van der Waals surface area contributed by atoms with E-state index >= 15 is 0 Å². The smallest absolute Gasteiger partial charge is 0.322 e. The summed E-state index contributed by atoms with van der Waals surface area (Å²) in [5.74, 6) is -1.12. The second kappa shape index (κ2) is 6.06. The zero-order chi connectivity index (χ0) is 16.7. The number of nitrogens with one attached hydrogen (secondary N) is 1. The fraction of sp³-hybridized carbons (Fsp3) is 0.500. The molecule has 1 heterocycles. The van der Waals surface area contributed by atoms with E-state index in [0.717, 1.165) is 0 Å². The molecule has 1 aromatic rings. The Morgan fingerprint density at radius 2 is 2.09 bits per heavy atom. The normalized spacial score (nSPS) is 18.9. The molecule has 8 heteroatoms. The molecule has 0 aliphatic carbocycles. The van der Waals surface area contributed by atoms with Crippen LogP contribution >= 0.6 is 11.6 Å².